The first-order valence-electron chi connectivity index (χ1n) is 12.7. The summed E-state index contributed by atoms with van der Waals surface area (Å²) in [4.78, 5) is 0. The summed E-state index contributed by atoms with van der Waals surface area (Å²) in [6.07, 6.45) is 17.2. The second kappa shape index (κ2) is 9.10. The van der Waals surface area contributed by atoms with E-state index in [-0.39, 0.29) is 6.10 Å². The minimum atomic E-state index is -0.539. The molecule has 0 aliphatic heterocycles. The summed E-state index contributed by atoms with van der Waals surface area (Å²) in [5.74, 6) is 2.87. The molecule has 3 fully saturated rings. The molecule has 0 aromatic rings. The van der Waals surface area contributed by atoms with Crippen LogP contribution in [-0.2, 0) is 0 Å². The van der Waals surface area contributed by atoms with Crippen molar-refractivity contribution in [2.24, 2.45) is 34.5 Å². The predicted octanol–water partition coefficient (Wildman–Crippen LogP) is 7.06. The van der Waals surface area contributed by atoms with Gasteiger partial charge in [-0.2, -0.15) is 0 Å². The quantitative estimate of drug-likeness (QED) is 0.466. The van der Waals surface area contributed by atoms with Crippen molar-refractivity contribution in [3.05, 3.63) is 24.3 Å². The van der Waals surface area contributed by atoms with Gasteiger partial charge in [0.15, 0.2) is 0 Å². The molecule has 0 aromatic heterocycles. The van der Waals surface area contributed by atoms with Gasteiger partial charge in [0.25, 0.3) is 0 Å². The third kappa shape index (κ3) is 4.90. The number of allylic oxidation sites excluding steroid dienone is 3. The molecule has 2 unspecified atom stereocenters. The van der Waals surface area contributed by atoms with Gasteiger partial charge in [0.1, 0.15) is 0 Å². The molecule has 0 radical (unpaired) electrons. The van der Waals surface area contributed by atoms with Crippen molar-refractivity contribution < 1.29 is 10.2 Å². The Morgan fingerprint density at radius 1 is 1.07 bits per heavy atom. The molecule has 0 bridgehead atoms. The Morgan fingerprint density at radius 3 is 2.33 bits per heavy atom. The molecule has 3 aliphatic rings. The lowest BCUT2D eigenvalue weighted by Crippen LogP contribution is -2.44. The van der Waals surface area contributed by atoms with Crippen LogP contribution in [0.1, 0.15) is 105 Å². The van der Waals surface area contributed by atoms with Crippen molar-refractivity contribution in [2.75, 3.05) is 0 Å². The third-order valence-corrected chi connectivity index (χ3v) is 9.57. The highest BCUT2D eigenvalue weighted by molar-refractivity contribution is 5.27. The van der Waals surface area contributed by atoms with E-state index in [1.165, 1.54) is 32.1 Å². The number of hydrogen-bond donors (Lipinski definition) is 2. The highest BCUT2D eigenvalue weighted by Crippen LogP contribution is 2.64. The Labute approximate surface area is 186 Å². The van der Waals surface area contributed by atoms with Crippen molar-refractivity contribution in [1.82, 2.24) is 0 Å². The van der Waals surface area contributed by atoms with E-state index < -0.39 is 5.60 Å². The zero-order valence-corrected chi connectivity index (χ0v) is 20.4. The maximum absolute atomic E-state index is 10.1. The van der Waals surface area contributed by atoms with Crippen LogP contribution >= 0.6 is 0 Å². The van der Waals surface area contributed by atoms with Gasteiger partial charge in [-0.15, -0.1) is 0 Å². The summed E-state index contributed by atoms with van der Waals surface area (Å²) in [5, 5.41) is 20.2. The van der Waals surface area contributed by atoms with Crippen molar-refractivity contribution in [3.8, 4) is 0 Å². The molecule has 0 heterocycles. The van der Waals surface area contributed by atoms with Crippen LogP contribution in [-0.4, -0.2) is 21.9 Å². The maximum atomic E-state index is 10.1. The summed E-state index contributed by atoms with van der Waals surface area (Å²) >= 11 is 0. The topological polar surface area (TPSA) is 40.5 Å². The standard InChI is InChI=1S/C28H48O2/c1-7-9-22-24(27(5)17-13-21(29)14-18-27)15-19-28(6)23(11-12-25(22)28)20(2)10-8-16-26(3,4)30/h7,9,20-21,23-25,29-30H,1,8,10-19H2,2-6H3/b22-9+/t20-,21?,23-,24?,25?,27?,28-/m1/s1. The summed E-state index contributed by atoms with van der Waals surface area (Å²) < 4.78 is 0. The van der Waals surface area contributed by atoms with E-state index in [0.29, 0.717) is 22.7 Å². The molecule has 0 aromatic carbocycles. The third-order valence-electron chi connectivity index (χ3n) is 9.57. The molecule has 3 saturated carbocycles. The maximum Gasteiger partial charge on any atom is 0.0591 e. The number of hydrogen-bond acceptors (Lipinski definition) is 2. The molecule has 0 saturated heterocycles. The number of fused-ring (bicyclic) bond motifs is 1. The zero-order valence-electron chi connectivity index (χ0n) is 20.4. The first kappa shape index (κ1) is 24.1. The highest BCUT2D eigenvalue weighted by Gasteiger charge is 2.55. The van der Waals surface area contributed by atoms with Gasteiger partial charge >= 0.3 is 0 Å². The van der Waals surface area contributed by atoms with E-state index in [1.807, 2.05) is 19.9 Å². The van der Waals surface area contributed by atoms with Crippen LogP contribution in [0.15, 0.2) is 24.3 Å². The van der Waals surface area contributed by atoms with E-state index in [1.54, 1.807) is 5.57 Å². The van der Waals surface area contributed by atoms with Crippen LogP contribution in [0.25, 0.3) is 0 Å². The lowest BCUT2D eigenvalue weighted by Gasteiger charge is -2.53. The van der Waals surface area contributed by atoms with Crippen LogP contribution in [0.5, 0.6) is 0 Å². The fraction of sp³-hybridized carbons (Fsp3) is 0.857. The Bertz CT molecular complexity index is 619. The molecule has 5 atom stereocenters. The minimum Gasteiger partial charge on any atom is -0.393 e. The monoisotopic (exact) mass is 416 g/mol. The fourth-order valence-electron chi connectivity index (χ4n) is 7.76. The lowest BCUT2D eigenvalue weighted by atomic mass is 9.52. The first-order valence-corrected chi connectivity index (χ1v) is 12.7. The fourth-order valence-corrected chi connectivity index (χ4v) is 7.76. The SMILES string of the molecule is C=C/C=C1\C(C2(C)CCC(O)CC2)CC[C@@]2(C)C1CC[C@@H]2[C@H](C)CCCC(C)(C)O. The van der Waals surface area contributed by atoms with Crippen molar-refractivity contribution in [2.45, 2.75) is 117 Å². The van der Waals surface area contributed by atoms with Gasteiger partial charge < -0.3 is 10.2 Å². The van der Waals surface area contributed by atoms with E-state index >= 15 is 0 Å². The van der Waals surface area contributed by atoms with Gasteiger partial charge in [-0.05, 0) is 106 Å². The average molecular weight is 417 g/mol. The van der Waals surface area contributed by atoms with Crippen molar-refractivity contribution in [3.63, 3.8) is 0 Å². The molecule has 3 aliphatic carbocycles. The lowest BCUT2D eigenvalue weighted by molar-refractivity contribution is 0.00561. The van der Waals surface area contributed by atoms with Gasteiger partial charge in [-0.1, -0.05) is 57.9 Å². The summed E-state index contributed by atoms with van der Waals surface area (Å²) in [6, 6.07) is 0. The van der Waals surface area contributed by atoms with Crippen LogP contribution in [0, 0.1) is 34.5 Å². The smallest absolute Gasteiger partial charge is 0.0591 e. The number of rotatable bonds is 7. The molecule has 0 amide bonds. The molecule has 3 rings (SSSR count). The number of aliphatic hydroxyl groups is 2. The zero-order chi connectivity index (χ0) is 22.2. The van der Waals surface area contributed by atoms with Gasteiger partial charge in [-0.3, -0.25) is 0 Å². The summed E-state index contributed by atoms with van der Waals surface area (Å²) in [5.41, 5.74) is 1.89. The van der Waals surface area contributed by atoms with E-state index in [9.17, 15) is 10.2 Å². The highest BCUT2D eigenvalue weighted by atomic mass is 16.3. The largest absolute Gasteiger partial charge is 0.393 e. The predicted molar refractivity (Wildman–Crippen MR) is 127 cm³/mol. The minimum absolute atomic E-state index is 0.0839. The Balaban J connectivity index is 1.74. The van der Waals surface area contributed by atoms with E-state index in [4.69, 9.17) is 0 Å². The Morgan fingerprint density at radius 2 is 1.73 bits per heavy atom. The second-order valence-electron chi connectivity index (χ2n) is 12.3. The second-order valence-corrected chi connectivity index (χ2v) is 12.3. The van der Waals surface area contributed by atoms with Crippen LogP contribution in [0.2, 0.25) is 0 Å². The first-order chi connectivity index (χ1) is 14.0. The Hall–Kier alpha value is -0.600. The van der Waals surface area contributed by atoms with Crippen LogP contribution in [0.4, 0.5) is 0 Å². The van der Waals surface area contributed by atoms with Gasteiger partial charge in [0.05, 0.1) is 11.7 Å². The van der Waals surface area contributed by atoms with Crippen molar-refractivity contribution in [1.29, 1.82) is 0 Å². The molecule has 30 heavy (non-hydrogen) atoms. The van der Waals surface area contributed by atoms with E-state index in [2.05, 4.69) is 33.4 Å². The Kier molecular flexibility index (Phi) is 7.30. The number of aliphatic hydroxyl groups excluding tert-OH is 1. The molecule has 0 spiro atoms. The summed E-state index contributed by atoms with van der Waals surface area (Å²) in [7, 11) is 0. The normalized spacial score (nSPS) is 42.2. The molecule has 2 N–H and O–H groups in total. The van der Waals surface area contributed by atoms with Crippen molar-refractivity contribution >= 4 is 0 Å². The molecule has 2 nitrogen and oxygen atoms in total. The molecular formula is C28H48O2. The van der Waals surface area contributed by atoms with Gasteiger partial charge in [-0.25, -0.2) is 0 Å². The molecule has 172 valence electrons. The average Bonchev–Trinajstić information content (AvgIpc) is 3.01. The molecular weight excluding hydrogens is 368 g/mol. The van der Waals surface area contributed by atoms with Crippen LogP contribution < -0.4 is 0 Å². The van der Waals surface area contributed by atoms with Gasteiger partial charge in [0, 0.05) is 0 Å². The van der Waals surface area contributed by atoms with Gasteiger partial charge in [0.2, 0.25) is 0 Å². The van der Waals surface area contributed by atoms with Crippen LogP contribution in [0.3, 0.4) is 0 Å². The molecule has 2 heteroatoms. The summed E-state index contributed by atoms with van der Waals surface area (Å²) in [6.45, 7) is 15.5. The van der Waals surface area contributed by atoms with E-state index in [0.717, 1.165) is 50.4 Å².